The molecule has 0 saturated carbocycles. The molecule has 0 saturated heterocycles. The third-order valence-corrected chi connectivity index (χ3v) is 5.20. The van der Waals surface area contributed by atoms with E-state index in [1.54, 1.807) is 11.3 Å². The molecule has 26 heavy (non-hydrogen) atoms. The van der Waals surface area contributed by atoms with Crippen molar-refractivity contribution in [3.8, 4) is 0 Å². The van der Waals surface area contributed by atoms with Crippen molar-refractivity contribution in [1.82, 2.24) is 20.5 Å². The average molecular weight is 374 g/mol. The first-order valence-electron chi connectivity index (χ1n) is 9.40. The van der Waals surface area contributed by atoms with Crippen LogP contribution in [0.3, 0.4) is 0 Å². The van der Waals surface area contributed by atoms with E-state index in [0.717, 1.165) is 37.1 Å². The summed E-state index contributed by atoms with van der Waals surface area (Å²) in [6.07, 6.45) is 1.91. The molecular formula is C20H31N5S. The van der Waals surface area contributed by atoms with Gasteiger partial charge in [0.25, 0.3) is 0 Å². The van der Waals surface area contributed by atoms with Crippen LogP contribution in [0.1, 0.15) is 42.3 Å². The Kier molecular flexibility index (Phi) is 8.58. The number of nitrogens with one attached hydrogen (secondary N) is 2. The first-order valence-corrected chi connectivity index (χ1v) is 10.2. The van der Waals surface area contributed by atoms with Crippen LogP contribution in [0.5, 0.6) is 0 Å². The third-order valence-electron chi connectivity index (χ3n) is 4.31. The number of rotatable bonds is 9. The third kappa shape index (κ3) is 6.11. The first-order chi connectivity index (χ1) is 12.7. The smallest absolute Gasteiger partial charge is 0.191 e. The zero-order valence-electron chi connectivity index (χ0n) is 16.3. The maximum atomic E-state index is 4.72. The molecule has 1 unspecified atom stereocenters. The first kappa shape index (κ1) is 20.4. The van der Waals surface area contributed by atoms with Gasteiger partial charge >= 0.3 is 0 Å². The Morgan fingerprint density at radius 1 is 1.15 bits per heavy atom. The molecule has 0 amide bonds. The molecule has 1 atom stereocenters. The van der Waals surface area contributed by atoms with Gasteiger partial charge in [-0.15, -0.1) is 11.3 Å². The van der Waals surface area contributed by atoms with Crippen LogP contribution >= 0.6 is 11.3 Å². The number of aryl methyl sites for hydroxylation is 1. The van der Waals surface area contributed by atoms with Crippen molar-refractivity contribution in [3.63, 3.8) is 0 Å². The maximum absolute atomic E-state index is 4.72. The van der Waals surface area contributed by atoms with Crippen LogP contribution < -0.4 is 10.6 Å². The van der Waals surface area contributed by atoms with Gasteiger partial charge in [0.2, 0.25) is 0 Å². The topological polar surface area (TPSA) is 52.6 Å². The summed E-state index contributed by atoms with van der Waals surface area (Å²) in [5, 5.41) is 7.96. The fourth-order valence-electron chi connectivity index (χ4n) is 2.97. The van der Waals surface area contributed by atoms with E-state index in [1.165, 1.54) is 10.4 Å². The summed E-state index contributed by atoms with van der Waals surface area (Å²) in [6, 6.07) is 11.0. The fraction of sp³-hybridized carbons (Fsp3) is 0.500. The van der Waals surface area contributed by atoms with Crippen LogP contribution in [0.2, 0.25) is 0 Å². The summed E-state index contributed by atoms with van der Waals surface area (Å²) < 4.78 is 0. The van der Waals surface area contributed by atoms with E-state index >= 15 is 0 Å². The molecule has 0 bridgehead atoms. The predicted molar refractivity (Wildman–Crippen MR) is 112 cm³/mol. The van der Waals surface area contributed by atoms with Crippen LogP contribution in [0.15, 0.2) is 41.5 Å². The number of hydrogen-bond donors (Lipinski definition) is 2. The minimum absolute atomic E-state index is 0.320. The van der Waals surface area contributed by atoms with E-state index in [0.29, 0.717) is 12.6 Å². The molecule has 5 nitrogen and oxygen atoms in total. The zero-order valence-corrected chi connectivity index (χ0v) is 17.1. The monoisotopic (exact) mass is 373 g/mol. The number of aliphatic imine (C=N–C) groups is 1. The molecule has 0 aliphatic heterocycles. The summed E-state index contributed by atoms with van der Waals surface area (Å²) in [6.45, 7) is 12.9. The molecular weight excluding hydrogens is 342 g/mol. The minimum atomic E-state index is 0.320. The van der Waals surface area contributed by atoms with Crippen LogP contribution in [0.25, 0.3) is 0 Å². The van der Waals surface area contributed by atoms with Crippen LogP contribution in [-0.2, 0) is 6.54 Å². The van der Waals surface area contributed by atoms with Gasteiger partial charge in [0, 0.05) is 24.2 Å². The Labute approximate surface area is 161 Å². The maximum Gasteiger partial charge on any atom is 0.191 e. The number of guanidine groups is 1. The Bertz CT molecular complexity index is 664. The van der Waals surface area contributed by atoms with E-state index in [1.807, 2.05) is 13.1 Å². The van der Waals surface area contributed by atoms with E-state index in [2.05, 4.69) is 71.6 Å². The van der Waals surface area contributed by atoms with Crippen LogP contribution in [0, 0.1) is 6.92 Å². The van der Waals surface area contributed by atoms with Gasteiger partial charge < -0.3 is 10.6 Å². The Hall–Kier alpha value is -1.92. The lowest BCUT2D eigenvalue weighted by atomic mass is 10.1. The summed E-state index contributed by atoms with van der Waals surface area (Å²) in [7, 11) is 0. The summed E-state index contributed by atoms with van der Waals surface area (Å²) in [4.78, 5) is 12.7. The second-order valence-corrected chi connectivity index (χ2v) is 7.39. The molecule has 1 aromatic heterocycles. The van der Waals surface area contributed by atoms with Gasteiger partial charge in [0.1, 0.15) is 0 Å². The number of aromatic nitrogens is 1. The zero-order chi connectivity index (χ0) is 18.8. The molecule has 2 rings (SSSR count). The predicted octanol–water partition coefficient (Wildman–Crippen LogP) is 3.59. The fourth-order valence-corrected chi connectivity index (χ4v) is 3.69. The Balaban J connectivity index is 2.07. The van der Waals surface area contributed by atoms with Crippen LogP contribution in [0.4, 0.5) is 0 Å². The number of likely N-dealkylation sites (N-methyl/N-ethyl adjacent to an activating group) is 1. The second kappa shape index (κ2) is 10.9. The quantitative estimate of drug-likeness (QED) is 0.521. The van der Waals surface area contributed by atoms with Gasteiger partial charge in [-0.25, -0.2) is 9.98 Å². The van der Waals surface area contributed by atoms with Gasteiger partial charge in [-0.3, -0.25) is 4.90 Å². The summed E-state index contributed by atoms with van der Waals surface area (Å²) in [5.74, 6) is 0.853. The lowest BCUT2D eigenvalue weighted by Crippen LogP contribution is -2.43. The van der Waals surface area contributed by atoms with E-state index in [4.69, 9.17) is 4.99 Å². The van der Waals surface area contributed by atoms with Gasteiger partial charge in [-0.2, -0.15) is 0 Å². The standard InChI is InChI=1S/C20H31N5S/c1-5-21-20(23-14-18-13-22-16(4)26-18)24-15-19(25(6-2)7-3)17-11-9-8-10-12-17/h8-13,19H,5-7,14-15H2,1-4H3,(H2,21,23,24). The molecule has 0 aliphatic carbocycles. The molecule has 142 valence electrons. The molecule has 2 N–H and O–H groups in total. The molecule has 1 heterocycles. The van der Waals surface area contributed by atoms with Gasteiger partial charge in [-0.1, -0.05) is 44.2 Å². The molecule has 1 aromatic carbocycles. The number of benzene rings is 1. The molecule has 0 aliphatic rings. The van der Waals surface area contributed by atoms with Gasteiger partial charge in [0.15, 0.2) is 5.96 Å². The van der Waals surface area contributed by atoms with E-state index < -0.39 is 0 Å². The highest BCUT2D eigenvalue weighted by Crippen LogP contribution is 2.19. The molecule has 0 radical (unpaired) electrons. The van der Waals surface area contributed by atoms with E-state index in [-0.39, 0.29) is 0 Å². The Morgan fingerprint density at radius 3 is 2.46 bits per heavy atom. The SMILES string of the molecule is CCNC(=NCc1cnc(C)s1)NCC(c1ccccc1)N(CC)CC. The average Bonchev–Trinajstić information content (AvgIpc) is 3.09. The normalized spacial score (nSPS) is 13.0. The van der Waals surface area contributed by atoms with Crippen molar-refractivity contribution >= 4 is 17.3 Å². The molecule has 0 fully saturated rings. The highest BCUT2D eigenvalue weighted by atomic mass is 32.1. The molecule has 6 heteroatoms. The van der Waals surface area contributed by atoms with Crippen molar-refractivity contribution in [1.29, 1.82) is 0 Å². The number of nitrogens with zero attached hydrogens (tertiary/aromatic N) is 3. The van der Waals surface area contributed by atoms with Gasteiger partial charge in [-0.05, 0) is 32.5 Å². The number of thiazole rings is 1. The summed E-state index contributed by atoms with van der Waals surface area (Å²) in [5.41, 5.74) is 1.33. The summed E-state index contributed by atoms with van der Waals surface area (Å²) >= 11 is 1.70. The molecule has 2 aromatic rings. The lowest BCUT2D eigenvalue weighted by molar-refractivity contribution is 0.219. The highest BCUT2D eigenvalue weighted by Gasteiger charge is 2.18. The molecule has 0 spiro atoms. The highest BCUT2D eigenvalue weighted by molar-refractivity contribution is 7.11. The van der Waals surface area contributed by atoms with E-state index in [9.17, 15) is 0 Å². The second-order valence-electron chi connectivity index (χ2n) is 6.07. The van der Waals surface area contributed by atoms with Crippen molar-refractivity contribution in [3.05, 3.63) is 52.0 Å². The Morgan fingerprint density at radius 2 is 1.88 bits per heavy atom. The number of hydrogen-bond acceptors (Lipinski definition) is 4. The van der Waals surface area contributed by atoms with Crippen molar-refractivity contribution in [2.45, 2.75) is 40.3 Å². The van der Waals surface area contributed by atoms with Gasteiger partial charge in [0.05, 0.1) is 17.6 Å². The van der Waals surface area contributed by atoms with Crippen molar-refractivity contribution in [2.75, 3.05) is 26.2 Å². The lowest BCUT2D eigenvalue weighted by Gasteiger charge is -2.30. The van der Waals surface area contributed by atoms with Crippen molar-refractivity contribution < 1.29 is 0 Å². The minimum Gasteiger partial charge on any atom is -0.357 e. The van der Waals surface area contributed by atoms with Crippen LogP contribution in [-0.4, -0.2) is 42.0 Å². The van der Waals surface area contributed by atoms with Crippen molar-refractivity contribution in [2.24, 2.45) is 4.99 Å². The largest absolute Gasteiger partial charge is 0.357 e.